The minimum Gasteiger partial charge on any atom is -0.394 e. The van der Waals surface area contributed by atoms with Crippen molar-refractivity contribution in [2.45, 2.75) is 75.4 Å². The van der Waals surface area contributed by atoms with Crippen molar-refractivity contribution < 1.29 is 5.11 Å². The number of nitrogens with zero attached hydrogens (tertiary/aromatic N) is 1. The molecule has 0 radical (unpaired) electrons. The van der Waals surface area contributed by atoms with Crippen LogP contribution in [0.1, 0.15) is 57.8 Å². The number of aliphatic hydroxyl groups excluding tert-OH is 1. The Morgan fingerprint density at radius 3 is 2.58 bits per heavy atom. The Morgan fingerprint density at radius 1 is 1.16 bits per heavy atom. The molecule has 3 fully saturated rings. The Morgan fingerprint density at radius 2 is 1.95 bits per heavy atom. The lowest BCUT2D eigenvalue weighted by Gasteiger charge is -2.35. The first-order valence-corrected chi connectivity index (χ1v) is 8.33. The lowest BCUT2D eigenvalue weighted by molar-refractivity contribution is 0.118. The first-order valence-electron chi connectivity index (χ1n) is 8.33. The van der Waals surface area contributed by atoms with E-state index in [1.807, 2.05) is 7.05 Å². The van der Waals surface area contributed by atoms with Crippen molar-refractivity contribution in [3.8, 4) is 0 Å². The fourth-order valence-electron chi connectivity index (χ4n) is 4.95. The van der Waals surface area contributed by atoms with Crippen molar-refractivity contribution in [3.63, 3.8) is 0 Å². The van der Waals surface area contributed by atoms with Gasteiger partial charge in [-0.3, -0.25) is 4.90 Å². The van der Waals surface area contributed by atoms with Gasteiger partial charge in [0, 0.05) is 17.6 Å². The number of hydrogen-bond donors (Lipinski definition) is 2. The van der Waals surface area contributed by atoms with Crippen LogP contribution in [0.5, 0.6) is 0 Å². The van der Waals surface area contributed by atoms with Gasteiger partial charge in [0.15, 0.2) is 0 Å². The Labute approximate surface area is 117 Å². The van der Waals surface area contributed by atoms with Gasteiger partial charge in [0.1, 0.15) is 0 Å². The summed E-state index contributed by atoms with van der Waals surface area (Å²) in [5.41, 5.74) is 0.00742. The molecule has 2 saturated carbocycles. The number of likely N-dealkylation sites (N-methyl/N-ethyl adjacent to an activating group) is 1. The number of nitrogens with one attached hydrogen (secondary N) is 1. The molecule has 3 unspecified atom stereocenters. The van der Waals surface area contributed by atoms with Gasteiger partial charge in [-0.2, -0.15) is 0 Å². The van der Waals surface area contributed by atoms with Gasteiger partial charge in [0.2, 0.25) is 0 Å². The largest absolute Gasteiger partial charge is 0.394 e. The molecule has 3 atom stereocenters. The SMILES string of the molecule is CNC1(CO)CCC(N2CCCC2C2CCCC2)C1. The van der Waals surface area contributed by atoms with Crippen molar-refractivity contribution in [3.05, 3.63) is 0 Å². The summed E-state index contributed by atoms with van der Waals surface area (Å²) in [6, 6.07) is 1.58. The number of rotatable bonds is 4. The standard InChI is InChI=1S/C16H30N2O/c1-17-16(12-19)9-8-14(11-16)18-10-4-7-15(18)13-5-2-3-6-13/h13-15,17,19H,2-12H2,1H3. The lowest BCUT2D eigenvalue weighted by Crippen LogP contribution is -2.47. The van der Waals surface area contributed by atoms with Crippen molar-refractivity contribution in [2.75, 3.05) is 20.2 Å². The van der Waals surface area contributed by atoms with Crippen LogP contribution < -0.4 is 5.32 Å². The fraction of sp³-hybridized carbons (Fsp3) is 1.00. The monoisotopic (exact) mass is 266 g/mol. The van der Waals surface area contributed by atoms with Crippen molar-refractivity contribution in [1.29, 1.82) is 0 Å². The molecule has 0 aromatic heterocycles. The van der Waals surface area contributed by atoms with Crippen LogP contribution in [-0.4, -0.2) is 47.8 Å². The maximum atomic E-state index is 9.67. The van der Waals surface area contributed by atoms with E-state index in [2.05, 4.69) is 10.2 Å². The number of aliphatic hydroxyl groups is 1. The lowest BCUT2D eigenvalue weighted by atomic mass is 9.94. The van der Waals surface area contributed by atoms with E-state index in [1.54, 1.807) is 0 Å². The average molecular weight is 266 g/mol. The fourth-order valence-corrected chi connectivity index (χ4v) is 4.95. The molecule has 110 valence electrons. The minimum absolute atomic E-state index is 0.00742. The summed E-state index contributed by atoms with van der Waals surface area (Å²) in [6.07, 6.45) is 12.2. The van der Waals surface area contributed by atoms with Gasteiger partial charge >= 0.3 is 0 Å². The van der Waals surface area contributed by atoms with E-state index < -0.39 is 0 Å². The second kappa shape index (κ2) is 5.71. The van der Waals surface area contributed by atoms with Gasteiger partial charge in [-0.1, -0.05) is 12.8 Å². The molecule has 1 saturated heterocycles. The molecule has 3 nitrogen and oxygen atoms in total. The highest BCUT2D eigenvalue weighted by Gasteiger charge is 2.44. The third kappa shape index (κ3) is 2.57. The van der Waals surface area contributed by atoms with Crippen molar-refractivity contribution >= 4 is 0 Å². The highest BCUT2D eigenvalue weighted by Crippen LogP contribution is 2.41. The molecule has 0 bridgehead atoms. The molecule has 3 aliphatic rings. The van der Waals surface area contributed by atoms with Crippen LogP contribution in [0.15, 0.2) is 0 Å². The maximum absolute atomic E-state index is 9.67. The molecule has 3 heteroatoms. The maximum Gasteiger partial charge on any atom is 0.0613 e. The van der Waals surface area contributed by atoms with E-state index in [1.165, 1.54) is 51.5 Å². The van der Waals surface area contributed by atoms with Crippen LogP contribution in [0.4, 0.5) is 0 Å². The molecule has 0 spiro atoms. The molecular formula is C16H30N2O. The van der Waals surface area contributed by atoms with E-state index in [9.17, 15) is 5.11 Å². The molecule has 0 amide bonds. The highest BCUT2D eigenvalue weighted by atomic mass is 16.3. The van der Waals surface area contributed by atoms with Crippen LogP contribution in [0, 0.1) is 5.92 Å². The van der Waals surface area contributed by atoms with E-state index >= 15 is 0 Å². The third-order valence-corrected chi connectivity index (χ3v) is 6.17. The van der Waals surface area contributed by atoms with Crippen LogP contribution in [-0.2, 0) is 0 Å². The molecule has 1 aliphatic heterocycles. The zero-order valence-corrected chi connectivity index (χ0v) is 12.4. The molecule has 0 aromatic rings. The van der Waals surface area contributed by atoms with E-state index in [-0.39, 0.29) is 5.54 Å². The summed E-state index contributed by atoms with van der Waals surface area (Å²) in [5, 5.41) is 13.1. The van der Waals surface area contributed by atoms with Gasteiger partial charge in [-0.05, 0) is 64.5 Å². The first-order chi connectivity index (χ1) is 9.28. The van der Waals surface area contributed by atoms with Crippen LogP contribution >= 0.6 is 0 Å². The smallest absolute Gasteiger partial charge is 0.0613 e. The van der Waals surface area contributed by atoms with Crippen molar-refractivity contribution in [1.82, 2.24) is 10.2 Å². The number of likely N-dealkylation sites (tertiary alicyclic amines) is 1. The predicted octanol–water partition coefficient (Wildman–Crippen LogP) is 2.14. The molecule has 2 N–H and O–H groups in total. The average Bonchev–Trinajstić information content (AvgIpc) is 3.17. The minimum atomic E-state index is 0.00742. The van der Waals surface area contributed by atoms with E-state index in [0.717, 1.165) is 24.8 Å². The molecule has 19 heavy (non-hydrogen) atoms. The molecule has 3 rings (SSSR count). The molecular weight excluding hydrogens is 236 g/mol. The zero-order valence-electron chi connectivity index (χ0n) is 12.4. The number of hydrogen-bond acceptors (Lipinski definition) is 3. The Balaban J connectivity index is 1.65. The van der Waals surface area contributed by atoms with Crippen LogP contribution in [0.25, 0.3) is 0 Å². The topological polar surface area (TPSA) is 35.5 Å². The van der Waals surface area contributed by atoms with Crippen LogP contribution in [0.2, 0.25) is 0 Å². The van der Waals surface area contributed by atoms with Crippen molar-refractivity contribution in [2.24, 2.45) is 5.92 Å². The first kappa shape index (κ1) is 13.8. The summed E-state index contributed by atoms with van der Waals surface area (Å²) in [6.45, 7) is 1.60. The summed E-state index contributed by atoms with van der Waals surface area (Å²) in [4.78, 5) is 2.82. The predicted molar refractivity (Wildman–Crippen MR) is 78.2 cm³/mol. The van der Waals surface area contributed by atoms with Gasteiger partial charge < -0.3 is 10.4 Å². The second-order valence-electron chi connectivity index (χ2n) is 7.08. The van der Waals surface area contributed by atoms with Gasteiger partial charge in [0.05, 0.1) is 6.61 Å². The normalized spacial score (nSPS) is 41.4. The Kier molecular flexibility index (Phi) is 4.16. The molecule has 2 aliphatic carbocycles. The second-order valence-corrected chi connectivity index (χ2v) is 7.08. The van der Waals surface area contributed by atoms with E-state index in [0.29, 0.717) is 12.6 Å². The summed E-state index contributed by atoms with van der Waals surface area (Å²) in [7, 11) is 2.01. The van der Waals surface area contributed by atoms with Gasteiger partial charge in [0.25, 0.3) is 0 Å². The zero-order chi connectivity index (χ0) is 13.3. The summed E-state index contributed by atoms with van der Waals surface area (Å²) >= 11 is 0. The highest BCUT2D eigenvalue weighted by molar-refractivity contribution is 5.01. The molecule has 0 aromatic carbocycles. The van der Waals surface area contributed by atoms with Gasteiger partial charge in [-0.15, -0.1) is 0 Å². The Hall–Kier alpha value is -0.120. The summed E-state index contributed by atoms with van der Waals surface area (Å²) < 4.78 is 0. The quantitative estimate of drug-likeness (QED) is 0.818. The summed E-state index contributed by atoms with van der Waals surface area (Å²) in [5.74, 6) is 0.973. The molecule has 1 heterocycles. The van der Waals surface area contributed by atoms with E-state index in [4.69, 9.17) is 0 Å². The van der Waals surface area contributed by atoms with Gasteiger partial charge in [-0.25, -0.2) is 0 Å². The Bertz CT molecular complexity index is 297. The van der Waals surface area contributed by atoms with Crippen LogP contribution in [0.3, 0.4) is 0 Å². The third-order valence-electron chi connectivity index (χ3n) is 6.17.